The van der Waals surface area contributed by atoms with Gasteiger partial charge in [0.25, 0.3) is 0 Å². The van der Waals surface area contributed by atoms with Crippen molar-refractivity contribution >= 4 is 0 Å². The molecule has 1 atom stereocenters. The van der Waals surface area contributed by atoms with Crippen molar-refractivity contribution in [1.82, 2.24) is 0 Å². The Hall–Kier alpha value is -0.240. The Morgan fingerprint density at radius 3 is 1.85 bits per heavy atom. The summed E-state index contributed by atoms with van der Waals surface area (Å²) < 4.78 is 27.5. The summed E-state index contributed by atoms with van der Waals surface area (Å²) in [6.07, 6.45) is 3.18. The Morgan fingerprint density at radius 1 is 0.650 bits per heavy atom. The SMILES string of the molecule is NCC1COCCOCCOCCCCCOCCO1. The van der Waals surface area contributed by atoms with Gasteiger partial charge in [-0.1, -0.05) is 0 Å². The Labute approximate surface area is 121 Å². The molecule has 0 aromatic heterocycles. The van der Waals surface area contributed by atoms with Gasteiger partial charge >= 0.3 is 0 Å². The smallest absolute Gasteiger partial charge is 0.0931 e. The first-order valence-electron chi connectivity index (χ1n) is 7.56. The summed E-state index contributed by atoms with van der Waals surface area (Å²) in [5.74, 6) is 0. The van der Waals surface area contributed by atoms with Crippen molar-refractivity contribution < 1.29 is 23.7 Å². The van der Waals surface area contributed by atoms with Gasteiger partial charge in [0.05, 0.1) is 52.4 Å². The molecule has 6 heteroatoms. The molecule has 0 bridgehead atoms. The third-order valence-electron chi connectivity index (χ3n) is 2.97. The molecule has 1 unspecified atom stereocenters. The van der Waals surface area contributed by atoms with E-state index in [0.717, 1.165) is 32.5 Å². The number of nitrogens with two attached hydrogens (primary N) is 1. The van der Waals surface area contributed by atoms with E-state index in [4.69, 9.17) is 29.4 Å². The second-order valence-electron chi connectivity index (χ2n) is 4.70. The van der Waals surface area contributed by atoms with Crippen LogP contribution in [0, 0.1) is 0 Å². The summed E-state index contributed by atoms with van der Waals surface area (Å²) in [5, 5.41) is 0. The molecule has 0 spiro atoms. The molecular weight excluding hydrogens is 262 g/mol. The van der Waals surface area contributed by atoms with Crippen LogP contribution in [0.4, 0.5) is 0 Å². The maximum absolute atomic E-state index is 5.63. The van der Waals surface area contributed by atoms with E-state index in [-0.39, 0.29) is 6.10 Å². The first kappa shape index (κ1) is 17.8. The summed E-state index contributed by atoms with van der Waals surface area (Å²) in [6.45, 7) is 6.07. The van der Waals surface area contributed by atoms with Crippen LogP contribution in [0.5, 0.6) is 0 Å². The van der Waals surface area contributed by atoms with E-state index in [2.05, 4.69) is 0 Å². The van der Waals surface area contributed by atoms with Gasteiger partial charge in [0.1, 0.15) is 0 Å². The van der Waals surface area contributed by atoms with Crippen LogP contribution in [-0.2, 0) is 23.7 Å². The van der Waals surface area contributed by atoms with Gasteiger partial charge in [-0.15, -0.1) is 0 Å². The summed E-state index contributed by atoms with van der Waals surface area (Å²) in [7, 11) is 0. The number of hydrogen-bond donors (Lipinski definition) is 1. The highest BCUT2D eigenvalue weighted by Gasteiger charge is 2.07. The van der Waals surface area contributed by atoms with Gasteiger partial charge in [-0.05, 0) is 19.3 Å². The largest absolute Gasteiger partial charge is 0.379 e. The number of rotatable bonds is 1. The fourth-order valence-electron chi connectivity index (χ4n) is 1.80. The van der Waals surface area contributed by atoms with Gasteiger partial charge in [0, 0.05) is 19.8 Å². The first-order chi connectivity index (χ1) is 9.93. The van der Waals surface area contributed by atoms with Gasteiger partial charge in [0.15, 0.2) is 0 Å². The minimum Gasteiger partial charge on any atom is -0.379 e. The molecule has 20 heavy (non-hydrogen) atoms. The van der Waals surface area contributed by atoms with E-state index < -0.39 is 0 Å². The maximum Gasteiger partial charge on any atom is 0.0931 e. The van der Waals surface area contributed by atoms with Crippen molar-refractivity contribution in [3.63, 3.8) is 0 Å². The normalized spacial score (nSPS) is 26.6. The van der Waals surface area contributed by atoms with Gasteiger partial charge in [0.2, 0.25) is 0 Å². The monoisotopic (exact) mass is 291 g/mol. The average molecular weight is 291 g/mol. The van der Waals surface area contributed by atoms with Crippen LogP contribution in [0.3, 0.4) is 0 Å². The predicted molar refractivity (Wildman–Crippen MR) is 75.9 cm³/mol. The van der Waals surface area contributed by atoms with E-state index in [1.807, 2.05) is 0 Å². The molecule has 0 aliphatic carbocycles. The van der Waals surface area contributed by atoms with Gasteiger partial charge < -0.3 is 29.4 Å². The average Bonchev–Trinajstić information content (AvgIpc) is 2.47. The minimum atomic E-state index is -0.0687. The van der Waals surface area contributed by atoms with Crippen LogP contribution >= 0.6 is 0 Å². The van der Waals surface area contributed by atoms with Crippen molar-refractivity contribution in [2.24, 2.45) is 5.73 Å². The molecule has 1 fully saturated rings. The molecule has 0 amide bonds. The van der Waals surface area contributed by atoms with Crippen molar-refractivity contribution in [1.29, 1.82) is 0 Å². The van der Waals surface area contributed by atoms with Crippen LogP contribution in [0.15, 0.2) is 0 Å². The Kier molecular flexibility index (Phi) is 12.2. The van der Waals surface area contributed by atoms with Crippen LogP contribution in [0.2, 0.25) is 0 Å². The van der Waals surface area contributed by atoms with Crippen molar-refractivity contribution in [3.8, 4) is 0 Å². The topological polar surface area (TPSA) is 72.2 Å². The molecule has 0 radical (unpaired) electrons. The highest BCUT2D eigenvalue weighted by molar-refractivity contribution is 4.57. The first-order valence-corrected chi connectivity index (χ1v) is 7.56. The molecule has 0 saturated carbocycles. The van der Waals surface area contributed by atoms with Crippen molar-refractivity contribution in [3.05, 3.63) is 0 Å². The fraction of sp³-hybridized carbons (Fsp3) is 1.00. The van der Waals surface area contributed by atoms with E-state index in [0.29, 0.717) is 52.8 Å². The lowest BCUT2D eigenvalue weighted by Crippen LogP contribution is -2.30. The standard InChI is InChI=1S/C14H29NO5/c15-12-14-13-19-9-8-18-7-6-16-4-2-1-3-5-17-10-11-20-14/h14H,1-13,15H2. The van der Waals surface area contributed by atoms with Crippen molar-refractivity contribution in [2.75, 3.05) is 66.0 Å². The van der Waals surface area contributed by atoms with Gasteiger partial charge in [-0.3, -0.25) is 0 Å². The fourth-order valence-corrected chi connectivity index (χ4v) is 1.80. The molecule has 120 valence electrons. The van der Waals surface area contributed by atoms with Crippen LogP contribution in [-0.4, -0.2) is 72.1 Å². The molecule has 0 aromatic carbocycles. The predicted octanol–water partition coefficient (Wildman–Crippen LogP) is 0.581. The Balaban J connectivity index is 2.14. The molecule has 1 aliphatic heterocycles. The highest BCUT2D eigenvalue weighted by Crippen LogP contribution is 1.98. The van der Waals surface area contributed by atoms with Crippen LogP contribution in [0.1, 0.15) is 19.3 Å². The quantitative estimate of drug-likeness (QED) is 0.762. The third-order valence-corrected chi connectivity index (χ3v) is 2.97. The second kappa shape index (κ2) is 13.7. The zero-order valence-corrected chi connectivity index (χ0v) is 12.4. The molecule has 1 saturated heterocycles. The molecule has 1 heterocycles. The van der Waals surface area contributed by atoms with E-state index in [9.17, 15) is 0 Å². The number of ether oxygens (including phenoxy) is 5. The van der Waals surface area contributed by atoms with Crippen molar-refractivity contribution in [2.45, 2.75) is 25.4 Å². The number of hydrogen-bond acceptors (Lipinski definition) is 6. The molecule has 0 aromatic rings. The van der Waals surface area contributed by atoms with Gasteiger partial charge in [-0.2, -0.15) is 0 Å². The third kappa shape index (κ3) is 10.5. The zero-order chi connectivity index (χ0) is 14.3. The Bertz CT molecular complexity index is 188. The molecule has 2 N–H and O–H groups in total. The van der Waals surface area contributed by atoms with E-state index in [1.165, 1.54) is 0 Å². The minimum absolute atomic E-state index is 0.0687. The zero-order valence-electron chi connectivity index (χ0n) is 12.4. The molecule has 6 nitrogen and oxygen atoms in total. The lowest BCUT2D eigenvalue weighted by Gasteiger charge is -2.16. The summed E-state index contributed by atoms with van der Waals surface area (Å²) >= 11 is 0. The lowest BCUT2D eigenvalue weighted by molar-refractivity contribution is -0.0477. The Morgan fingerprint density at radius 2 is 1.20 bits per heavy atom. The summed E-state index contributed by atoms with van der Waals surface area (Å²) in [4.78, 5) is 0. The maximum atomic E-state index is 5.63. The summed E-state index contributed by atoms with van der Waals surface area (Å²) in [5.41, 5.74) is 5.63. The lowest BCUT2D eigenvalue weighted by atomic mass is 10.2. The molecule has 1 aliphatic rings. The van der Waals surface area contributed by atoms with Crippen LogP contribution in [0.25, 0.3) is 0 Å². The van der Waals surface area contributed by atoms with Gasteiger partial charge in [-0.25, -0.2) is 0 Å². The second-order valence-corrected chi connectivity index (χ2v) is 4.70. The molecular formula is C14H29NO5. The van der Waals surface area contributed by atoms with E-state index in [1.54, 1.807) is 0 Å². The van der Waals surface area contributed by atoms with E-state index >= 15 is 0 Å². The van der Waals surface area contributed by atoms with Crippen LogP contribution < -0.4 is 5.73 Å². The summed E-state index contributed by atoms with van der Waals surface area (Å²) in [6, 6.07) is 0. The molecule has 1 rings (SSSR count). The highest BCUT2D eigenvalue weighted by atomic mass is 16.6.